The van der Waals surface area contributed by atoms with Crippen molar-refractivity contribution in [1.29, 1.82) is 0 Å². The van der Waals surface area contributed by atoms with E-state index in [0.29, 0.717) is 0 Å². The van der Waals surface area contributed by atoms with Crippen LogP contribution in [0.3, 0.4) is 0 Å². The zero-order valence-electron chi connectivity index (χ0n) is 6.26. The second kappa shape index (κ2) is 2.15. The molecule has 1 aromatic rings. The van der Waals surface area contributed by atoms with Crippen molar-refractivity contribution in [2.45, 2.75) is 32.1 Å². The molecule has 0 saturated carbocycles. The van der Waals surface area contributed by atoms with E-state index >= 15 is 0 Å². The van der Waals surface area contributed by atoms with E-state index in [9.17, 15) is 0 Å². The third-order valence-corrected chi connectivity index (χ3v) is 2.39. The Morgan fingerprint density at radius 2 is 2.40 bits per heavy atom. The summed E-state index contributed by atoms with van der Waals surface area (Å²) in [6, 6.07) is 0. The molecule has 0 aromatic carbocycles. The summed E-state index contributed by atoms with van der Waals surface area (Å²) in [6.07, 6.45) is 7.67. The van der Waals surface area contributed by atoms with Gasteiger partial charge in [0, 0.05) is 0 Å². The Labute approximate surface area is 61.0 Å². The molecule has 1 nitrogen and oxygen atoms in total. The molecule has 0 spiro atoms. The lowest BCUT2D eigenvalue weighted by molar-refractivity contribution is 0.559. The maximum atomic E-state index is 5.14. The van der Waals surface area contributed by atoms with Crippen LogP contribution in [0.15, 0.2) is 16.9 Å². The fourth-order valence-electron chi connectivity index (χ4n) is 1.72. The standard InChI is InChI=1S/C9H12O/c1-7-3-2-4-8-5-10-6-9(7)8/h5-7H,2-4H2,1H3. The second-order valence-electron chi connectivity index (χ2n) is 3.15. The first kappa shape index (κ1) is 6.02. The maximum absolute atomic E-state index is 5.14. The molecule has 2 rings (SSSR count). The van der Waals surface area contributed by atoms with Crippen molar-refractivity contribution in [3.8, 4) is 0 Å². The smallest absolute Gasteiger partial charge is 0.0940 e. The summed E-state index contributed by atoms with van der Waals surface area (Å²) in [4.78, 5) is 0. The Morgan fingerprint density at radius 1 is 1.50 bits per heavy atom. The fourth-order valence-corrected chi connectivity index (χ4v) is 1.72. The van der Waals surface area contributed by atoms with E-state index < -0.39 is 0 Å². The van der Waals surface area contributed by atoms with Gasteiger partial charge < -0.3 is 4.42 Å². The molecule has 54 valence electrons. The third-order valence-electron chi connectivity index (χ3n) is 2.39. The van der Waals surface area contributed by atoms with Crippen molar-refractivity contribution in [1.82, 2.24) is 0 Å². The van der Waals surface area contributed by atoms with Gasteiger partial charge in [-0.1, -0.05) is 6.92 Å². The minimum atomic E-state index is 0.725. The van der Waals surface area contributed by atoms with Gasteiger partial charge in [0.15, 0.2) is 0 Å². The van der Waals surface area contributed by atoms with E-state index in [2.05, 4.69) is 6.92 Å². The lowest BCUT2D eigenvalue weighted by Gasteiger charge is -2.16. The number of furan rings is 1. The molecule has 1 atom stereocenters. The first-order chi connectivity index (χ1) is 4.88. The van der Waals surface area contributed by atoms with Gasteiger partial charge in [0.1, 0.15) is 0 Å². The summed E-state index contributed by atoms with van der Waals surface area (Å²) < 4.78 is 5.14. The van der Waals surface area contributed by atoms with Gasteiger partial charge >= 0.3 is 0 Å². The Hall–Kier alpha value is -0.720. The summed E-state index contributed by atoms with van der Waals surface area (Å²) in [7, 11) is 0. The topological polar surface area (TPSA) is 13.1 Å². The maximum Gasteiger partial charge on any atom is 0.0940 e. The molecule has 0 radical (unpaired) electrons. The predicted octanol–water partition coefficient (Wildman–Crippen LogP) is 2.72. The Bertz CT molecular complexity index is 224. The zero-order valence-corrected chi connectivity index (χ0v) is 6.26. The van der Waals surface area contributed by atoms with Gasteiger partial charge in [0.05, 0.1) is 12.5 Å². The van der Waals surface area contributed by atoms with Crippen LogP contribution in [0.4, 0.5) is 0 Å². The molecule has 0 fully saturated rings. The normalized spacial score (nSPS) is 24.3. The van der Waals surface area contributed by atoms with Crippen molar-refractivity contribution < 1.29 is 4.42 Å². The van der Waals surface area contributed by atoms with E-state index in [1.807, 2.05) is 12.5 Å². The summed E-state index contributed by atoms with van der Waals surface area (Å²) >= 11 is 0. The molecule has 1 aliphatic carbocycles. The SMILES string of the molecule is CC1CCCc2cocc21. The third kappa shape index (κ3) is 0.772. The highest BCUT2D eigenvalue weighted by atomic mass is 16.3. The van der Waals surface area contributed by atoms with Crippen LogP contribution >= 0.6 is 0 Å². The minimum absolute atomic E-state index is 0.725. The number of hydrogen-bond acceptors (Lipinski definition) is 1. The molecular formula is C9H12O. The summed E-state index contributed by atoms with van der Waals surface area (Å²) in [5, 5.41) is 0. The van der Waals surface area contributed by atoms with Gasteiger partial charge in [-0.2, -0.15) is 0 Å². The Balaban J connectivity index is 2.41. The van der Waals surface area contributed by atoms with Crippen LogP contribution in [0, 0.1) is 0 Å². The largest absolute Gasteiger partial charge is 0.472 e. The highest BCUT2D eigenvalue weighted by Gasteiger charge is 2.17. The van der Waals surface area contributed by atoms with Crippen LogP contribution in [0.2, 0.25) is 0 Å². The van der Waals surface area contributed by atoms with E-state index in [1.165, 1.54) is 30.4 Å². The van der Waals surface area contributed by atoms with Crippen LogP contribution in [0.25, 0.3) is 0 Å². The van der Waals surface area contributed by atoms with Crippen LogP contribution in [0.1, 0.15) is 36.8 Å². The highest BCUT2D eigenvalue weighted by molar-refractivity contribution is 5.26. The molecule has 0 aliphatic heterocycles. The van der Waals surface area contributed by atoms with Crippen molar-refractivity contribution in [2.24, 2.45) is 0 Å². The lowest BCUT2D eigenvalue weighted by Crippen LogP contribution is -2.03. The quantitative estimate of drug-likeness (QED) is 0.534. The van der Waals surface area contributed by atoms with Crippen molar-refractivity contribution in [2.75, 3.05) is 0 Å². The monoisotopic (exact) mass is 136 g/mol. The lowest BCUT2D eigenvalue weighted by atomic mass is 9.87. The van der Waals surface area contributed by atoms with Gasteiger partial charge in [-0.15, -0.1) is 0 Å². The fraction of sp³-hybridized carbons (Fsp3) is 0.556. The predicted molar refractivity (Wildman–Crippen MR) is 40.1 cm³/mol. The van der Waals surface area contributed by atoms with E-state index in [-0.39, 0.29) is 0 Å². The average Bonchev–Trinajstić information content (AvgIpc) is 2.36. The van der Waals surface area contributed by atoms with Gasteiger partial charge in [-0.25, -0.2) is 0 Å². The highest BCUT2D eigenvalue weighted by Crippen LogP contribution is 2.31. The molecule has 0 N–H and O–H groups in total. The van der Waals surface area contributed by atoms with Gasteiger partial charge in [-0.05, 0) is 36.3 Å². The van der Waals surface area contributed by atoms with Gasteiger partial charge in [0.2, 0.25) is 0 Å². The van der Waals surface area contributed by atoms with Crippen molar-refractivity contribution in [3.05, 3.63) is 23.7 Å². The number of fused-ring (bicyclic) bond motifs is 1. The molecule has 1 heterocycles. The van der Waals surface area contributed by atoms with Crippen LogP contribution < -0.4 is 0 Å². The minimum Gasteiger partial charge on any atom is -0.472 e. The van der Waals surface area contributed by atoms with Crippen molar-refractivity contribution >= 4 is 0 Å². The summed E-state index contributed by atoms with van der Waals surface area (Å²) in [6.45, 7) is 2.27. The van der Waals surface area contributed by atoms with Gasteiger partial charge in [0.25, 0.3) is 0 Å². The molecule has 1 heteroatoms. The van der Waals surface area contributed by atoms with E-state index in [0.717, 1.165) is 5.92 Å². The number of aryl methyl sites for hydroxylation is 1. The van der Waals surface area contributed by atoms with Gasteiger partial charge in [-0.3, -0.25) is 0 Å². The van der Waals surface area contributed by atoms with E-state index in [4.69, 9.17) is 4.42 Å². The summed E-state index contributed by atoms with van der Waals surface area (Å²) in [5.74, 6) is 0.725. The van der Waals surface area contributed by atoms with Crippen LogP contribution in [-0.4, -0.2) is 0 Å². The zero-order chi connectivity index (χ0) is 6.97. The molecule has 0 amide bonds. The molecule has 0 bridgehead atoms. The molecular weight excluding hydrogens is 124 g/mol. The molecule has 10 heavy (non-hydrogen) atoms. The number of hydrogen-bond donors (Lipinski definition) is 0. The Morgan fingerprint density at radius 3 is 3.20 bits per heavy atom. The molecule has 1 aliphatic rings. The molecule has 1 unspecified atom stereocenters. The first-order valence-corrected chi connectivity index (χ1v) is 3.93. The molecule has 1 aromatic heterocycles. The number of rotatable bonds is 0. The van der Waals surface area contributed by atoms with Crippen LogP contribution in [0.5, 0.6) is 0 Å². The average molecular weight is 136 g/mol. The van der Waals surface area contributed by atoms with Crippen molar-refractivity contribution in [3.63, 3.8) is 0 Å². The van der Waals surface area contributed by atoms with Crippen LogP contribution in [-0.2, 0) is 6.42 Å². The summed E-state index contributed by atoms with van der Waals surface area (Å²) in [5.41, 5.74) is 2.87. The first-order valence-electron chi connectivity index (χ1n) is 3.93. The molecule has 0 saturated heterocycles. The Kier molecular flexibility index (Phi) is 1.30. The second-order valence-corrected chi connectivity index (χ2v) is 3.15. The van der Waals surface area contributed by atoms with E-state index in [1.54, 1.807) is 0 Å².